The molecule has 0 spiro atoms. The second-order valence-corrected chi connectivity index (χ2v) is 7.97. The molecule has 0 atom stereocenters. The predicted octanol–water partition coefficient (Wildman–Crippen LogP) is 4.71. The van der Waals surface area contributed by atoms with Crippen LogP contribution >= 0.6 is 11.8 Å². The van der Waals surface area contributed by atoms with Crippen molar-refractivity contribution in [3.8, 4) is 0 Å². The smallest absolute Gasteiger partial charge is 0.136 e. The van der Waals surface area contributed by atoms with Crippen molar-refractivity contribution in [3.05, 3.63) is 70.9 Å². The third-order valence-electron chi connectivity index (χ3n) is 4.19. The first-order valence-electron chi connectivity index (χ1n) is 8.83. The summed E-state index contributed by atoms with van der Waals surface area (Å²) in [7, 11) is 0. The summed E-state index contributed by atoms with van der Waals surface area (Å²) in [5, 5.41) is 11.0. The van der Waals surface area contributed by atoms with Gasteiger partial charge >= 0.3 is 0 Å². The summed E-state index contributed by atoms with van der Waals surface area (Å²) >= 11 is 1.72. The highest BCUT2D eigenvalue weighted by atomic mass is 32.2. The van der Waals surface area contributed by atoms with Crippen LogP contribution in [0.15, 0.2) is 52.6 Å². The predicted molar refractivity (Wildman–Crippen MR) is 106 cm³/mol. The maximum atomic E-state index is 9.86. The molecule has 0 saturated carbocycles. The molecule has 3 aromatic rings. The Balaban J connectivity index is 2.07. The van der Waals surface area contributed by atoms with Crippen LogP contribution in [-0.4, -0.2) is 19.6 Å². The molecular formula is C21H25N3OS. The molecule has 0 fully saturated rings. The van der Waals surface area contributed by atoms with Gasteiger partial charge in [0.15, 0.2) is 0 Å². The molecule has 0 unspecified atom stereocenters. The number of nitrogens with zero attached hydrogens (tertiary/aromatic N) is 3. The van der Waals surface area contributed by atoms with Crippen molar-refractivity contribution in [2.24, 2.45) is 0 Å². The van der Waals surface area contributed by atoms with E-state index in [2.05, 4.69) is 61.5 Å². The van der Waals surface area contributed by atoms with Gasteiger partial charge in [0.05, 0.1) is 12.2 Å². The number of benzene rings is 1. The highest BCUT2D eigenvalue weighted by molar-refractivity contribution is 7.99. The first-order chi connectivity index (χ1) is 12.5. The molecule has 2 aromatic heterocycles. The molecule has 0 radical (unpaired) electrons. The average Bonchev–Trinajstić information content (AvgIpc) is 2.93. The molecule has 136 valence electrons. The summed E-state index contributed by atoms with van der Waals surface area (Å²) in [4.78, 5) is 10.1. The van der Waals surface area contributed by atoms with Crippen LogP contribution in [0.3, 0.4) is 0 Å². The summed E-state index contributed by atoms with van der Waals surface area (Å²) in [6.45, 7) is 9.09. The van der Waals surface area contributed by atoms with Gasteiger partial charge in [-0.25, -0.2) is 4.98 Å². The van der Waals surface area contributed by atoms with Crippen LogP contribution in [0.4, 0.5) is 0 Å². The second kappa shape index (κ2) is 8.06. The molecule has 2 heterocycles. The highest BCUT2D eigenvalue weighted by Gasteiger charge is 2.20. The Hall–Kier alpha value is -2.11. The highest BCUT2D eigenvalue weighted by Crippen LogP contribution is 2.36. The zero-order valence-electron chi connectivity index (χ0n) is 15.7. The first-order valence-corrected chi connectivity index (χ1v) is 9.64. The molecule has 0 saturated heterocycles. The molecule has 0 aliphatic carbocycles. The van der Waals surface area contributed by atoms with Crippen LogP contribution in [0.5, 0.6) is 0 Å². The van der Waals surface area contributed by atoms with Gasteiger partial charge in [-0.05, 0) is 54.7 Å². The lowest BCUT2D eigenvalue weighted by molar-refractivity contribution is 0.265. The fourth-order valence-corrected chi connectivity index (χ4v) is 4.43. The number of imidazole rings is 1. The SMILES string of the molecule is Cc1cc(C)cc(Sc2c(C(C)C)nc(CO)n2Cc2cccnc2)c1. The van der Waals surface area contributed by atoms with Crippen LogP contribution in [-0.2, 0) is 13.2 Å². The van der Waals surface area contributed by atoms with Crippen LogP contribution in [0.25, 0.3) is 0 Å². The number of pyridine rings is 1. The number of aliphatic hydroxyl groups is 1. The lowest BCUT2D eigenvalue weighted by Gasteiger charge is -2.13. The fraction of sp³-hybridized carbons (Fsp3) is 0.333. The Morgan fingerprint density at radius 2 is 1.88 bits per heavy atom. The van der Waals surface area contributed by atoms with Crippen LogP contribution in [0, 0.1) is 13.8 Å². The third-order valence-corrected chi connectivity index (χ3v) is 5.28. The van der Waals surface area contributed by atoms with Crippen molar-refractivity contribution in [2.45, 2.75) is 56.7 Å². The van der Waals surface area contributed by atoms with Crippen molar-refractivity contribution in [3.63, 3.8) is 0 Å². The Bertz CT molecular complexity index is 868. The molecule has 3 rings (SSSR count). The first kappa shape index (κ1) is 18.7. The molecule has 1 aromatic carbocycles. The number of aromatic nitrogens is 3. The van der Waals surface area contributed by atoms with E-state index in [1.807, 2.05) is 12.3 Å². The lowest BCUT2D eigenvalue weighted by Crippen LogP contribution is -2.07. The van der Waals surface area contributed by atoms with Gasteiger partial charge < -0.3 is 9.67 Å². The normalized spacial score (nSPS) is 11.3. The Labute approximate surface area is 159 Å². The van der Waals surface area contributed by atoms with Gasteiger partial charge in [0.2, 0.25) is 0 Å². The molecule has 5 heteroatoms. The van der Waals surface area contributed by atoms with E-state index in [1.165, 1.54) is 16.0 Å². The molecule has 4 nitrogen and oxygen atoms in total. The van der Waals surface area contributed by atoms with E-state index in [1.54, 1.807) is 18.0 Å². The Kier molecular flexibility index (Phi) is 5.79. The van der Waals surface area contributed by atoms with Gasteiger partial charge in [-0.15, -0.1) is 0 Å². The number of hydrogen-bond donors (Lipinski definition) is 1. The summed E-state index contributed by atoms with van der Waals surface area (Å²) < 4.78 is 2.12. The summed E-state index contributed by atoms with van der Waals surface area (Å²) in [5.41, 5.74) is 4.62. The van der Waals surface area contributed by atoms with E-state index in [4.69, 9.17) is 4.98 Å². The van der Waals surface area contributed by atoms with Crippen molar-refractivity contribution in [1.29, 1.82) is 0 Å². The van der Waals surface area contributed by atoms with E-state index >= 15 is 0 Å². The monoisotopic (exact) mass is 367 g/mol. The van der Waals surface area contributed by atoms with Crippen molar-refractivity contribution < 1.29 is 5.11 Å². The van der Waals surface area contributed by atoms with Gasteiger partial charge in [0.25, 0.3) is 0 Å². The average molecular weight is 368 g/mol. The minimum Gasteiger partial charge on any atom is -0.388 e. The van der Waals surface area contributed by atoms with E-state index in [-0.39, 0.29) is 12.5 Å². The van der Waals surface area contributed by atoms with E-state index in [9.17, 15) is 5.11 Å². The van der Waals surface area contributed by atoms with E-state index in [0.29, 0.717) is 12.4 Å². The zero-order chi connectivity index (χ0) is 18.7. The van der Waals surface area contributed by atoms with E-state index < -0.39 is 0 Å². The maximum absolute atomic E-state index is 9.86. The van der Waals surface area contributed by atoms with Crippen LogP contribution < -0.4 is 0 Å². The minimum atomic E-state index is -0.0760. The van der Waals surface area contributed by atoms with Gasteiger partial charge in [0, 0.05) is 17.3 Å². The second-order valence-electron chi connectivity index (χ2n) is 6.90. The fourth-order valence-electron chi connectivity index (χ4n) is 3.05. The standard InChI is InChI=1S/C21H25N3OS/c1-14(2)20-21(26-18-9-15(3)8-16(4)10-18)24(19(13-25)23-20)12-17-6-5-7-22-11-17/h5-11,14,25H,12-13H2,1-4H3. The van der Waals surface area contributed by atoms with Crippen molar-refractivity contribution in [2.75, 3.05) is 0 Å². The minimum absolute atomic E-state index is 0.0760. The molecule has 1 N–H and O–H groups in total. The number of rotatable bonds is 6. The number of aliphatic hydroxyl groups excluding tert-OH is 1. The van der Waals surface area contributed by atoms with Gasteiger partial charge in [-0.1, -0.05) is 37.7 Å². The Morgan fingerprint density at radius 3 is 2.46 bits per heavy atom. The van der Waals surface area contributed by atoms with Crippen LogP contribution in [0.1, 0.15) is 48.0 Å². The number of hydrogen-bond acceptors (Lipinski definition) is 4. The molecular weight excluding hydrogens is 342 g/mol. The summed E-state index contributed by atoms with van der Waals surface area (Å²) in [6.07, 6.45) is 3.64. The molecule has 0 amide bonds. The molecule has 26 heavy (non-hydrogen) atoms. The van der Waals surface area contributed by atoms with Gasteiger partial charge in [-0.3, -0.25) is 4.98 Å². The quantitative estimate of drug-likeness (QED) is 0.685. The third kappa shape index (κ3) is 4.17. The molecule has 0 aliphatic rings. The van der Waals surface area contributed by atoms with Crippen LogP contribution in [0.2, 0.25) is 0 Å². The summed E-state index contributed by atoms with van der Waals surface area (Å²) in [6, 6.07) is 10.6. The lowest BCUT2D eigenvalue weighted by atomic mass is 10.1. The molecule has 0 bridgehead atoms. The molecule has 0 aliphatic heterocycles. The number of aryl methyl sites for hydroxylation is 2. The van der Waals surface area contributed by atoms with Gasteiger partial charge in [0.1, 0.15) is 17.5 Å². The largest absolute Gasteiger partial charge is 0.388 e. The van der Waals surface area contributed by atoms with E-state index in [0.717, 1.165) is 16.3 Å². The van der Waals surface area contributed by atoms with Crippen molar-refractivity contribution >= 4 is 11.8 Å². The Morgan fingerprint density at radius 1 is 1.15 bits per heavy atom. The topological polar surface area (TPSA) is 50.9 Å². The zero-order valence-corrected chi connectivity index (χ0v) is 16.5. The van der Waals surface area contributed by atoms with Gasteiger partial charge in [-0.2, -0.15) is 0 Å². The summed E-state index contributed by atoms with van der Waals surface area (Å²) in [5.74, 6) is 0.980. The van der Waals surface area contributed by atoms with Crippen molar-refractivity contribution in [1.82, 2.24) is 14.5 Å². The maximum Gasteiger partial charge on any atom is 0.136 e.